The highest BCUT2D eigenvalue weighted by Gasteiger charge is 2.39. The number of rotatable bonds is 18. The van der Waals surface area contributed by atoms with Crippen LogP contribution < -0.4 is 9.47 Å². The monoisotopic (exact) mass is 660 g/mol. The fraction of sp³-hybridized carbons (Fsp3) is 0.657. The van der Waals surface area contributed by atoms with Gasteiger partial charge in [0.2, 0.25) is 0 Å². The van der Waals surface area contributed by atoms with Crippen molar-refractivity contribution in [3.63, 3.8) is 0 Å². The lowest BCUT2D eigenvalue weighted by Crippen LogP contribution is -2.53. The van der Waals surface area contributed by atoms with Crippen LogP contribution in [0.4, 0.5) is 0 Å². The fourth-order valence-electron chi connectivity index (χ4n) is 5.43. The molecular weight excluding hydrogens is 597 g/mol. The maximum atomic E-state index is 6.63. The first-order chi connectivity index (χ1) is 19.7. The van der Waals surface area contributed by atoms with E-state index in [4.69, 9.17) is 18.3 Å². The predicted molar refractivity (Wildman–Crippen MR) is 198 cm³/mol. The van der Waals surface area contributed by atoms with Crippen LogP contribution in [0.25, 0.3) is 0 Å². The van der Waals surface area contributed by atoms with Gasteiger partial charge in [0, 0.05) is 15.9 Å². The van der Waals surface area contributed by atoms with Crippen molar-refractivity contribution in [2.45, 2.75) is 135 Å². The Morgan fingerprint density at radius 1 is 0.628 bits per heavy atom. The van der Waals surface area contributed by atoms with E-state index in [0.717, 1.165) is 43.6 Å². The van der Waals surface area contributed by atoms with Crippen molar-refractivity contribution in [1.29, 1.82) is 0 Å². The molecule has 0 saturated carbocycles. The number of ether oxygens (including phenoxy) is 2. The molecule has 2 aromatic rings. The van der Waals surface area contributed by atoms with Crippen molar-refractivity contribution in [3.05, 3.63) is 59.7 Å². The van der Waals surface area contributed by atoms with Gasteiger partial charge < -0.3 is 18.3 Å². The van der Waals surface area contributed by atoms with Crippen LogP contribution in [0.5, 0.6) is 11.5 Å². The minimum Gasteiger partial charge on any atom is -0.494 e. The standard InChI is InChI=1S/C35H64O4Si4/c1-33(2,29-17-21-31(22-18-29)36-25-15-27-42(11,12)35(5,6)38-41(9)10)30-19-23-32(24-20-30)37-26-16-28-43(13,14)39-34(3,4)40(7)8/h17-24,40-41H,15-16,25-28H2,1-14H3. The van der Waals surface area contributed by atoms with Crippen LogP contribution in [0, 0.1) is 0 Å². The highest BCUT2D eigenvalue weighted by atomic mass is 28.4. The maximum Gasteiger partial charge on any atom is 0.187 e. The number of hydrogen-bond donors (Lipinski definition) is 0. The van der Waals surface area contributed by atoms with Gasteiger partial charge in [-0.2, -0.15) is 0 Å². The Kier molecular flexibility index (Phi) is 13.6. The van der Waals surface area contributed by atoms with Crippen molar-refractivity contribution in [2.75, 3.05) is 13.2 Å². The molecule has 244 valence electrons. The molecule has 0 spiro atoms. The van der Waals surface area contributed by atoms with E-state index in [1.54, 1.807) is 0 Å². The largest absolute Gasteiger partial charge is 0.494 e. The average molecular weight is 661 g/mol. The van der Waals surface area contributed by atoms with Crippen LogP contribution in [-0.2, 0) is 14.3 Å². The normalized spacial score (nSPS) is 13.6. The summed E-state index contributed by atoms with van der Waals surface area (Å²) in [5, 5.41) is 0.0807. The molecule has 2 aromatic carbocycles. The third-order valence-electron chi connectivity index (χ3n) is 9.65. The summed E-state index contributed by atoms with van der Waals surface area (Å²) in [7, 11) is -5.13. The number of benzene rings is 2. The van der Waals surface area contributed by atoms with Gasteiger partial charge in [-0.1, -0.05) is 70.3 Å². The van der Waals surface area contributed by atoms with Gasteiger partial charge in [-0.25, -0.2) is 0 Å². The first kappa shape index (κ1) is 38.0. The van der Waals surface area contributed by atoms with E-state index in [9.17, 15) is 0 Å². The highest BCUT2D eigenvalue weighted by Crippen LogP contribution is 2.34. The van der Waals surface area contributed by atoms with E-state index in [-0.39, 0.29) is 15.9 Å². The van der Waals surface area contributed by atoms with Crippen LogP contribution in [0.3, 0.4) is 0 Å². The van der Waals surface area contributed by atoms with Crippen molar-refractivity contribution < 1.29 is 18.3 Å². The van der Waals surface area contributed by atoms with Crippen LogP contribution in [0.15, 0.2) is 48.5 Å². The van der Waals surface area contributed by atoms with Gasteiger partial charge in [-0.3, -0.25) is 0 Å². The molecule has 43 heavy (non-hydrogen) atoms. The van der Waals surface area contributed by atoms with Gasteiger partial charge in [0.25, 0.3) is 0 Å². The summed E-state index contributed by atoms with van der Waals surface area (Å²) in [6.07, 6.45) is 2.10. The van der Waals surface area contributed by atoms with Gasteiger partial charge in [0.15, 0.2) is 17.4 Å². The van der Waals surface area contributed by atoms with Gasteiger partial charge in [0.1, 0.15) is 11.5 Å². The van der Waals surface area contributed by atoms with E-state index < -0.39 is 34.2 Å². The van der Waals surface area contributed by atoms with Crippen molar-refractivity contribution in [2.24, 2.45) is 0 Å². The van der Waals surface area contributed by atoms with Crippen LogP contribution >= 0.6 is 0 Å². The third kappa shape index (κ3) is 11.6. The first-order valence-electron chi connectivity index (χ1n) is 16.5. The van der Waals surface area contributed by atoms with Crippen LogP contribution in [0.2, 0.25) is 64.5 Å². The predicted octanol–water partition coefficient (Wildman–Crippen LogP) is 9.60. The molecule has 0 bridgehead atoms. The molecule has 0 aromatic heterocycles. The third-order valence-corrected chi connectivity index (χ3v) is 21.7. The van der Waals surface area contributed by atoms with E-state index in [1.165, 1.54) is 17.2 Å². The summed E-state index contributed by atoms with van der Waals surface area (Å²) >= 11 is 0. The zero-order valence-electron chi connectivity index (χ0n) is 30.1. The maximum absolute atomic E-state index is 6.63. The molecular formula is C35H64O4Si4. The zero-order valence-corrected chi connectivity index (χ0v) is 34.5. The molecule has 4 nitrogen and oxygen atoms in total. The Morgan fingerprint density at radius 2 is 1.05 bits per heavy atom. The van der Waals surface area contributed by atoms with Crippen LogP contribution in [0.1, 0.15) is 65.5 Å². The summed E-state index contributed by atoms with van der Waals surface area (Å²) in [5.74, 6) is 1.88. The Balaban J connectivity index is 1.86. The van der Waals surface area contributed by atoms with Gasteiger partial charge in [0.05, 0.1) is 30.1 Å². The Bertz CT molecular complexity index is 1110. The Hall–Kier alpha value is -1.17. The molecule has 0 amide bonds. The molecule has 8 heteroatoms. The molecule has 0 N–H and O–H groups in total. The van der Waals surface area contributed by atoms with E-state index in [1.807, 2.05) is 0 Å². The average Bonchev–Trinajstić information content (AvgIpc) is 2.88. The summed E-state index contributed by atoms with van der Waals surface area (Å²) in [5.41, 5.74) is 2.44. The van der Waals surface area contributed by atoms with Crippen molar-refractivity contribution in [1.82, 2.24) is 0 Å². The fourth-order valence-corrected chi connectivity index (χ4v) is 14.6. The topological polar surface area (TPSA) is 36.9 Å². The molecule has 0 heterocycles. The Morgan fingerprint density at radius 3 is 1.44 bits per heavy atom. The summed E-state index contributed by atoms with van der Waals surface area (Å²) in [6, 6.07) is 19.6. The van der Waals surface area contributed by atoms with Crippen LogP contribution in [-0.4, -0.2) is 57.9 Å². The molecule has 0 atom stereocenters. The van der Waals surface area contributed by atoms with Gasteiger partial charge in [-0.15, -0.1) is 0 Å². The second-order valence-corrected chi connectivity index (χ2v) is 31.5. The quantitative estimate of drug-likeness (QED) is 0.118. The molecule has 0 aliphatic carbocycles. The second-order valence-electron chi connectivity index (χ2n) is 15.8. The smallest absolute Gasteiger partial charge is 0.187 e. The highest BCUT2D eigenvalue weighted by molar-refractivity contribution is 6.80. The Labute approximate surface area is 270 Å². The minimum atomic E-state index is -1.70. The first-order valence-corrected chi connectivity index (χ1v) is 28.5. The van der Waals surface area contributed by atoms with Crippen molar-refractivity contribution in [3.8, 4) is 11.5 Å². The minimum absolute atomic E-state index is 0.0184. The molecule has 0 unspecified atom stereocenters. The zero-order chi connectivity index (χ0) is 32.7. The second kappa shape index (κ2) is 15.4. The molecule has 2 rings (SSSR count). The van der Waals surface area contributed by atoms with Gasteiger partial charge in [-0.05, 0) is 108 Å². The summed E-state index contributed by atoms with van der Waals surface area (Å²) < 4.78 is 25.3. The molecule has 0 fully saturated rings. The number of hydrogen-bond acceptors (Lipinski definition) is 4. The van der Waals surface area contributed by atoms with E-state index in [0.29, 0.717) is 0 Å². The summed E-state index contributed by atoms with van der Waals surface area (Å²) in [6.45, 7) is 34.1. The molecule has 0 radical (unpaired) electrons. The lowest BCUT2D eigenvalue weighted by atomic mass is 9.78. The summed E-state index contributed by atoms with van der Waals surface area (Å²) in [4.78, 5) is 0. The molecule has 0 saturated heterocycles. The lowest BCUT2D eigenvalue weighted by molar-refractivity contribution is 0.177. The molecule has 0 aliphatic rings. The SMILES string of the molecule is C[SiH](C)OC(C)(C)[Si](C)(C)CCCOc1ccc(C(C)(C)c2ccc(OCCC[Si](C)(C)OC(C)(C)[SiH](C)C)cc2)cc1. The lowest BCUT2D eigenvalue weighted by Gasteiger charge is -2.41. The van der Waals surface area contributed by atoms with Crippen molar-refractivity contribution >= 4 is 34.2 Å². The molecule has 0 aliphatic heterocycles. The van der Waals surface area contributed by atoms with E-state index >= 15 is 0 Å². The van der Waals surface area contributed by atoms with Gasteiger partial charge >= 0.3 is 0 Å². The van der Waals surface area contributed by atoms with E-state index in [2.05, 4.69) is 142 Å².